The van der Waals surface area contributed by atoms with Crippen LogP contribution in [-0.2, 0) is 0 Å². The zero-order valence-corrected chi connectivity index (χ0v) is 11.4. The van der Waals surface area contributed by atoms with Crippen LogP contribution in [0.1, 0.15) is 26.4 Å². The van der Waals surface area contributed by atoms with Gasteiger partial charge in [-0.1, -0.05) is 11.6 Å². The minimum atomic E-state index is -0.634. The third-order valence-electron chi connectivity index (χ3n) is 2.71. The third-order valence-corrected chi connectivity index (χ3v) is 2.95. The average Bonchev–Trinajstić information content (AvgIpc) is 2.42. The summed E-state index contributed by atoms with van der Waals surface area (Å²) in [5.41, 5.74) is 7.05. The fourth-order valence-corrected chi connectivity index (χ4v) is 1.86. The molecule has 0 saturated carbocycles. The smallest absolute Gasteiger partial charge is 0.267 e. The quantitative estimate of drug-likeness (QED) is 0.910. The van der Waals surface area contributed by atoms with Gasteiger partial charge in [0, 0.05) is 16.9 Å². The summed E-state index contributed by atoms with van der Waals surface area (Å²) in [6, 6.07) is 8.07. The number of nitrogens with zero attached hydrogens (tertiary/aromatic N) is 1. The van der Waals surface area contributed by atoms with Crippen LogP contribution in [0, 0.1) is 6.92 Å². The highest BCUT2D eigenvalue weighted by molar-refractivity contribution is 6.30. The van der Waals surface area contributed by atoms with Crippen LogP contribution in [0.15, 0.2) is 36.5 Å². The molecule has 0 aliphatic rings. The number of carbonyl (C=O) groups excluding carboxylic acids is 2. The molecule has 1 aromatic heterocycles. The van der Waals surface area contributed by atoms with E-state index in [1.165, 1.54) is 18.3 Å². The second-order valence-electron chi connectivity index (χ2n) is 4.21. The summed E-state index contributed by atoms with van der Waals surface area (Å²) in [5, 5.41) is 3.35. The molecule has 0 saturated heterocycles. The second kappa shape index (κ2) is 5.71. The molecular formula is C14H12ClN3O2. The van der Waals surface area contributed by atoms with Crippen molar-refractivity contribution in [1.29, 1.82) is 0 Å². The number of nitrogens with one attached hydrogen (secondary N) is 1. The maximum Gasteiger partial charge on any atom is 0.267 e. The number of anilines is 1. The molecule has 0 unspecified atom stereocenters. The van der Waals surface area contributed by atoms with Crippen molar-refractivity contribution in [2.24, 2.45) is 5.73 Å². The topological polar surface area (TPSA) is 85.1 Å². The van der Waals surface area contributed by atoms with Crippen molar-refractivity contribution >= 4 is 29.1 Å². The molecule has 0 aliphatic carbocycles. The zero-order chi connectivity index (χ0) is 14.7. The summed E-state index contributed by atoms with van der Waals surface area (Å²) in [6.07, 6.45) is 1.31. The Morgan fingerprint density at radius 3 is 2.55 bits per heavy atom. The van der Waals surface area contributed by atoms with Gasteiger partial charge in [0.1, 0.15) is 5.69 Å². The van der Waals surface area contributed by atoms with Crippen LogP contribution in [0.25, 0.3) is 0 Å². The van der Waals surface area contributed by atoms with Gasteiger partial charge in [0.2, 0.25) is 0 Å². The van der Waals surface area contributed by atoms with Crippen LogP contribution in [0.3, 0.4) is 0 Å². The van der Waals surface area contributed by atoms with Crippen molar-refractivity contribution in [2.45, 2.75) is 6.92 Å². The number of nitrogens with two attached hydrogens (primary N) is 1. The molecule has 5 nitrogen and oxygen atoms in total. The molecule has 1 aromatic carbocycles. The minimum absolute atomic E-state index is 0.115. The van der Waals surface area contributed by atoms with Gasteiger partial charge in [-0.05, 0) is 42.8 Å². The lowest BCUT2D eigenvalue weighted by atomic mass is 10.2. The van der Waals surface area contributed by atoms with Crippen LogP contribution < -0.4 is 11.1 Å². The predicted molar refractivity (Wildman–Crippen MR) is 76.9 cm³/mol. The minimum Gasteiger partial charge on any atom is -0.364 e. The first kappa shape index (κ1) is 14.0. The van der Waals surface area contributed by atoms with E-state index in [0.717, 1.165) is 5.56 Å². The van der Waals surface area contributed by atoms with Crippen LogP contribution in [0.4, 0.5) is 5.69 Å². The van der Waals surface area contributed by atoms with E-state index in [0.29, 0.717) is 16.3 Å². The Labute approximate surface area is 120 Å². The van der Waals surface area contributed by atoms with Crippen molar-refractivity contribution in [3.63, 3.8) is 0 Å². The fourth-order valence-electron chi connectivity index (χ4n) is 1.64. The third kappa shape index (κ3) is 3.13. The highest BCUT2D eigenvalue weighted by Gasteiger charge is 2.09. The summed E-state index contributed by atoms with van der Waals surface area (Å²) in [6.45, 7) is 1.84. The van der Waals surface area contributed by atoms with Crippen LogP contribution in [-0.4, -0.2) is 16.8 Å². The number of primary amides is 1. The van der Waals surface area contributed by atoms with Crippen molar-refractivity contribution in [1.82, 2.24) is 4.98 Å². The number of amides is 2. The van der Waals surface area contributed by atoms with Crippen molar-refractivity contribution in [3.05, 3.63) is 58.4 Å². The zero-order valence-electron chi connectivity index (χ0n) is 10.7. The molecule has 0 atom stereocenters. The van der Waals surface area contributed by atoms with Gasteiger partial charge < -0.3 is 11.1 Å². The number of halogens is 1. The number of rotatable bonds is 3. The average molecular weight is 290 g/mol. The van der Waals surface area contributed by atoms with Gasteiger partial charge >= 0.3 is 0 Å². The van der Waals surface area contributed by atoms with E-state index in [1.807, 2.05) is 6.92 Å². The number of aromatic nitrogens is 1. The first-order valence-electron chi connectivity index (χ1n) is 5.81. The van der Waals surface area contributed by atoms with Gasteiger partial charge in [-0.25, -0.2) is 0 Å². The van der Waals surface area contributed by atoms with Crippen LogP contribution in [0.5, 0.6) is 0 Å². The largest absolute Gasteiger partial charge is 0.364 e. The molecule has 0 radical (unpaired) electrons. The molecule has 20 heavy (non-hydrogen) atoms. The number of benzene rings is 1. The van der Waals surface area contributed by atoms with Crippen LogP contribution in [0.2, 0.25) is 5.02 Å². The van der Waals surface area contributed by atoms with Gasteiger partial charge in [-0.3, -0.25) is 14.6 Å². The lowest BCUT2D eigenvalue weighted by molar-refractivity contribution is 0.0990. The second-order valence-corrected chi connectivity index (χ2v) is 4.65. The fraction of sp³-hybridized carbons (Fsp3) is 0.0714. The van der Waals surface area contributed by atoms with E-state index < -0.39 is 5.91 Å². The maximum absolute atomic E-state index is 12.0. The molecule has 2 aromatic rings. The monoisotopic (exact) mass is 289 g/mol. The van der Waals surface area contributed by atoms with Crippen molar-refractivity contribution in [2.75, 3.05) is 5.32 Å². The summed E-state index contributed by atoms with van der Waals surface area (Å²) < 4.78 is 0. The van der Waals surface area contributed by atoms with Crippen LogP contribution >= 0.6 is 11.6 Å². The number of hydrogen-bond acceptors (Lipinski definition) is 3. The first-order chi connectivity index (χ1) is 9.47. The van der Waals surface area contributed by atoms with Crippen molar-refractivity contribution < 1.29 is 9.59 Å². The lowest BCUT2D eigenvalue weighted by Gasteiger charge is -2.08. The summed E-state index contributed by atoms with van der Waals surface area (Å²) in [7, 11) is 0. The van der Waals surface area contributed by atoms with Crippen molar-refractivity contribution in [3.8, 4) is 0 Å². The Balaban J connectivity index is 2.17. The Bertz CT molecular complexity index is 669. The molecule has 0 spiro atoms. The summed E-state index contributed by atoms with van der Waals surface area (Å²) in [5.74, 6) is -0.954. The maximum atomic E-state index is 12.0. The first-order valence-corrected chi connectivity index (χ1v) is 6.18. The molecule has 2 rings (SSSR count). The van der Waals surface area contributed by atoms with E-state index >= 15 is 0 Å². The molecule has 102 valence electrons. The SMILES string of the molecule is Cc1cc(Cl)ccc1NC(=O)c1ccc(C(N)=O)nc1. The molecule has 1 heterocycles. The molecule has 2 amide bonds. The molecule has 0 bridgehead atoms. The number of carbonyl (C=O) groups is 2. The highest BCUT2D eigenvalue weighted by Crippen LogP contribution is 2.20. The van der Waals surface area contributed by atoms with E-state index in [1.54, 1.807) is 18.2 Å². The highest BCUT2D eigenvalue weighted by atomic mass is 35.5. The van der Waals surface area contributed by atoms with Gasteiger partial charge in [0.15, 0.2) is 0 Å². The lowest BCUT2D eigenvalue weighted by Crippen LogP contribution is -2.16. The molecule has 0 aliphatic heterocycles. The van der Waals surface area contributed by atoms with E-state index in [9.17, 15) is 9.59 Å². The Hall–Kier alpha value is -2.40. The summed E-state index contributed by atoms with van der Waals surface area (Å²) >= 11 is 5.85. The Kier molecular flexibility index (Phi) is 4.00. The van der Waals surface area contributed by atoms with E-state index in [4.69, 9.17) is 17.3 Å². The number of pyridine rings is 1. The van der Waals surface area contributed by atoms with E-state index in [2.05, 4.69) is 10.3 Å². The predicted octanol–water partition coefficient (Wildman–Crippen LogP) is 2.39. The van der Waals surface area contributed by atoms with E-state index in [-0.39, 0.29) is 11.6 Å². The number of hydrogen-bond donors (Lipinski definition) is 2. The summed E-state index contributed by atoms with van der Waals surface area (Å²) in [4.78, 5) is 26.7. The normalized spacial score (nSPS) is 10.1. The molecular weight excluding hydrogens is 278 g/mol. The number of aryl methyl sites for hydroxylation is 1. The Morgan fingerprint density at radius 1 is 1.25 bits per heavy atom. The van der Waals surface area contributed by atoms with Gasteiger partial charge in [0.05, 0.1) is 5.56 Å². The van der Waals surface area contributed by atoms with Gasteiger partial charge in [-0.2, -0.15) is 0 Å². The molecule has 3 N–H and O–H groups in total. The molecule has 6 heteroatoms. The Morgan fingerprint density at radius 2 is 2.00 bits per heavy atom. The molecule has 0 fully saturated rings. The van der Waals surface area contributed by atoms with Gasteiger partial charge in [0.25, 0.3) is 11.8 Å². The standard InChI is InChI=1S/C14H12ClN3O2/c1-8-6-10(15)3-5-11(8)18-14(20)9-2-4-12(13(16)19)17-7-9/h2-7H,1H3,(H2,16,19)(H,18,20). The van der Waals surface area contributed by atoms with Gasteiger partial charge in [-0.15, -0.1) is 0 Å².